The lowest BCUT2D eigenvalue weighted by Gasteiger charge is -2.05. The highest BCUT2D eigenvalue weighted by molar-refractivity contribution is 5.79. The molecule has 0 fully saturated rings. The van der Waals surface area contributed by atoms with Crippen molar-refractivity contribution in [2.75, 3.05) is 13.2 Å². The summed E-state index contributed by atoms with van der Waals surface area (Å²) in [4.78, 5) is 10.9. The molecule has 0 aliphatic rings. The fraction of sp³-hybridized carbons (Fsp3) is 0.875. The van der Waals surface area contributed by atoms with Gasteiger partial charge in [-0.05, 0) is 20.3 Å². The summed E-state index contributed by atoms with van der Waals surface area (Å²) in [5.74, 6) is 0.0627. The molecule has 0 rings (SSSR count). The summed E-state index contributed by atoms with van der Waals surface area (Å²) in [5, 5.41) is 8.40. The Morgan fingerprint density at radius 1 is 1.55 bits per heavy atom. The second-order valence-corrected chi connectivity index (χ2v) is 2.73. The van der Waals surface area contributed by atoms with Crippen molar-refractivity contribution in [3.63, 3.8) is 0 Å². The van der Waals surface area contributed by atoms with Gasteiger partial charge in [0.25, 0.3) is 0 Å². The molecule has 66 valence electrons. The van der Waals surface area contributed by atoms with Gasteiger partial charge in [-0.15, -0.1) is 0 Å². The van der Waals surface area contributed by atoms with Gasteiger partial charge in [0.05, 0.1) is 6.10 Å². The maximum atomic E-state index is 10.9. The van der Waals surface area contributed by atoms with Crippen molar-refractivity contribution in [2.45, 2.75) is 32.8 Å². The van der Waals surface area contributed by atoms with Crippen molar-refractivity contribution in [1.29, 1.82) is 0 Å². The highest BCUT2D eigenvalue weighted by Crippen LogP contribution is 1.93. The van der Waals surface area contributed by atoms with E-state index in [0.717, 1.165) is 0 Å². The van der Waals surface area contributed by atoms with Crippen molar-refractivity contribution in [1.82, 2.24) is 0 Å². The minimum absolute atomic E-state index is 0.0627. The van der Waals surface area contributed by atoms with E-state index < -0.39 is 0 Å². The molecule has 0 aromatic rings. The number of Topliss-reactive ketones (excluding diaryl/α,β-unsaturated/α-hetero) is 1. The van der Waals surface area contributed by atoms with Gasteiger partial charge in [-0.3, -0.25) is 4.79 Å². The van der Waals surface area contributed by atoms with E-state index in [-0.39, 0.29) is 25.1 Å². The smallest absolute Gasteiger partial charge is 0.158 e. The van der Waals surface area contributed by atoms with Crippen LogP contribution in [0.25, 0.3) is 0 Å². The van der Waals surface area contributed by atoms with Gasteiger partial charge in [-0.25, -0.2) is 0 Å². The molecule has 0 aliphatic carbocycles. The lowest BCUT2D eigenvalue weighted by molar-refractivity contribution is -0.125. The Bertz CT molecular complexity index is 110. The van der Waals surface area contributed by atoms with Gasteiger partial charge in [0.15, 0.2) is 5.78 Å². The van der Waals surface area contributed by atoms with Crippen molar-refractivity contribution in [3.05, 3.63) is 0 Å². The van der Waals surface area contributed by atoms with Gasteiger partial charge in [-0.2, -0.15) is 0 Å². The van der Waals surface area contributed by atoms with Crippen LogP contribution in [0, 0.1) is 0 Å². The van der Waals surface area contributed by atoms with Crippen molar-refractivity contribution in [3.8, 4) is 0 Å². The van der Waals surface area contributed by atoms with E-state index in [0.29, 0.717) is 12.8 Å². The van der Waals surface area contributed by atoms with Crippen LogP contribution in [0.1, 0.15) is 26.7 Å². The zero-order valence-corrected chi connectivity index (χ0v) is 7.17. The van der Waals surface area contributed by atoms with E-state index in [1.807, 2.05) is 13.8 Å². The van der Waals surface area contributed by atoms with Crippen molar-refractivity contribution in [2.24, 2.45) is 0 Å². The zero-order chi connectivity index (χ0) is 8.69. The number of carbonyl (C=O) groups is 1. The third-order valence-corrected chi connectivity index (χ3v) is 1.19. The highest BCUT2D eigenvalue weighted by atomic mass is 16.5. The van der Waals surface area contributed by atoms with Gasteiger partial charge in [0, 0.05) is 13.0 Å². The molecular weight excluding hydrogens is 144 g/mol. The third-order valence-electron chi connectivity index (χ3n) is 1.19. The zero-order valence-electron chi connectivity index (χ0n) is 7.17. The highest BCUT2D eigenvalue weighted by Gasteiger charge is 2.02. The normalized spacial score (nSPS) is 10.5. The Kier molecular flexibility index (Phi) is 6.07. The van der Waals surface area contributed by atoms with Crippen LogP contribution >= 0.6 is 0 Å². The number of hydrogen-bond donors (Lipinski definition) is 1. The van der Waals surface area contributed by atoms with Crippen LogP contribution in [-0.2, 0) is 9.53 Å². The van der Waals surface area contributed by atoms with Crippen LogP contribution in [0.15, 0.2) is 0 Å². The molecule has 0 aromatic heterocycles. The maximum Gasteiger partial charge on any atom is 0.158 e. The fourth-order valence-corrected chi connectivity index (χ4v) is 0.608. The monoisotopic (exact) mass is 160 g/mol. The first-order valence-electron chi connectivity index (χ1n) is 3.91. The molecule has 3 heteroatoms. The van der Waals surface area contributed by atoms with E-state index in [4.69, 9.17) is 9.84 Å². The van der Waals surface area contributed by atoms with Gasteiger partial charge < -0.3 is 9.84 Å². The molecule has 0 saturated heterocycles. The summed E-state index contributed by atoms with van der Waals surface area (Å²) < 4.78 is 5.07. The van der Waals surface area contributed by atoms with Crippen LogP contribution < -0.4 is 0 Å². The number of aliphatic hydroxyl groups excluding tert-OH is 1. The Hall–Kier alpha value is -0.410. The summed E-state index contributed by atoms with van der Waals surface area (Å²) in [6.45, 7) is 4.03. The predicted molar refractivity (Wildman–Crippen MR) is 42.4 cm³/mol. The van der Waals surface area contributed by atoms with Crippen LogP contribution in [0.2, 0.25) is 0 Å². The van der Waals surface area contributed by atoms with E-state index in [1.165, 1.54) is 0 Å². The first-order valence-corrected chi connectivity index (χ1v) is 3.91. The first-order chi connectivity index (χ1) is 5.16. The number of ketones is 1. The number of carbonyl (C=O) groups excluding carboxylic acids is 1. The van der Waals surface area contributed by atoms with E-state index in [2.05, 4.69) is 0 Å². The fourth-order valence-electron chi connectivity index (χ4n) is 0.608. The third kappa shape index (κ3) is 7.49. The molecule has 0 radical (unpaired) electrons. The minimum Gasteiger partial charge on any atom is -0.396 e. The summed E-state index contributed by atoms with van der Waals surface area (Å²) >= 11 is 0. The molecule has 11 heavy (non-hydrogen) atoms. The SMILES string of the molecule is CC(C)OCC(=O)CCCO. The topological polar surface area (TPSA) is 46.5 Å². The van der Waals surface area contributed by atoms with Crippen LogP contribution in [-0.4, -0.2) is 30.2 Å². The Labute approximate surface area is 67.4 Å². The van der Waals surface area contributed by atoms with Crippen molar-refractivity contribution >= 4 is 5.78 Å². The largest absolute Gasteiger partial charge is 0.396 e. The molecule has 0 bridgehead atoms. The van der Waals surface area contributed by atoms with E-state index in [1.54, 1.807) is 0 Å². The molecule has 0 atom stereocenters. The minimum atomic E-state index is 0.0627. The van der Waals surface area contributed by atoms with Gasteiger partial charge in [0.2, 0.25) is 0 Å². The Morgan fingerprint density at radius 3 is 2.64 bits per heavy atom. The van der Waals surface area contributed by atoms with Crippen LogP contribution in [0.4, 0.5) is 0 Å². The quantitative estimate of drug-likeness (QED) is 0.623. The second kappa shape index (κ2) is 6.31. The average molecular weight is 160 g/mol. The molecule has 0 aromatic carbocycles. The molecule has 0 spiro atoms. The Morgan fingerprint density at radius 2 is 2.18 bits per heavy atom. The number of ether oxygens (including phenoxy) is 1. The van der Waals surface area contributed by atoms with Gasteiger partial charge in [-0.1, -0.05) is 0 Å². The molecule has 0 heterocycles. The number of aliphatic hydroxyl groups is 1. The molecule has 0 unspecified atom stereocenters. The second-order valence-electron chi connectivity index (χ2n) is 2.73. The molecular formula is C8H16O3. The van der Waals surface area contributed by atoms with Crippen LogP contribution in [0.3, 0.4) is 0 Å². The first kappa shape index (κ1) is 10.6. The lowest BCUT2D eigenvalue weighted by Crippen LogP contribution is -2.13. The molecule has 0 amide bonds. The maximum absolute atomic E-state index is 10.9. The van der Waals surface area contributed by atoms with Gasteiger partial charge >= 0.3 is 0 Å². The Balaban J connectivity index is 3.23. The van der Waals surface area contributed by atoms with E-state index in [9.17, 15) is 4.79 Å². The van der Waals surface area contributed by atoms with Crippen LogP contribution in [0.5, 0.6) is 0 Å². The summed E-state index contributed by atoms with van der Waals surface area (Å²) in [6, 6.07) is 0. The molecule has 0 saturated carbocycles. The molecule has 0 aliphatic heterocycles. The summed E-state index contributed by atoms with van der Waals surface area (Å²) in [6.07, 6.45) is 1.07. The lowest BCUT2D eigenvalue weighted by atomic mass is 10.2. The number of rotatable bonds is 6. The number of hydrogen-bond acceptors (Lipinski definition) is 3. The van der Waals surface area contributed by atoms with Crippen molar-refractivity contribution < 1.29 is 14.6 Å². The van der Waals surface area contributed by atoms with Gasteiger partial charge in [0.1, 0.15) is 6.61 Å². The summed E-state index contributed by atoms with van der Waals surface area (Å²) in [7, 11) is 0. The average Bonchev–Trinajstić information content (AvgIpc) is 1.97. The predicted octanol–water partition coefficient (Wildman–Crippen LogP) is 0.753. The molecule has 1 N–H and O–H groups in total. The van der Waals surface area contributed by atoms with E-state index >= 15 is 0 Å². The summed E-state index contributed by atoms with van der Waals surface area (Å²) in [5.41, 5.74) is 0. The standard InChI is InChI=1S/C8H16O3/c1-7(2)11-6-8(10)4-3-5-9/h7,9H,3-6H2,1-2H3. The molecule has 3 nitrogen and oxygen atoms in total.